The molecule has 2 saturated heterocycles. The van der Waals surface area contributed by atoms with Gasteiger partial charge in [0.1, 0.15) is 12.4 Å². The predicted molar refractivity (Wildman–Crippen MR) is 83.1 cm³/mol. The number of nitrogens with zero attached hydrogens (tertiary/aromatic N) is 2. The van der Waals surface area contributed by atoms with Crippen LogP contribution >= 0.6 is 0 Å². The molecule has 0 aromatic carbocycles. The van der Waals surface area contributed by atoms with Gasteiger partial charge >= 0.3 is 0 Å². The molecular weight excluding hydrogens is 282 g/mol. The number of hydrogen-bond acceptors (Lipinski definition) is 5. The first-order chi connectivity index (χ1) is 10.7. The highest BCUT2D eigenvalue weighted by atomic mass is 16.5. The van der Waals surface area contributed by atoms with E-state index >= 15 is 0 Å². The van der Waals surface area contributed by atoms with E-state index in [-0.39, 0.29) is 11.3 Å². The zero-order valence-corrected chi connectivity index (χ0v) is 13.0. The molecule has 1 amide bonds. The van der Waals surface area contributed by atoms with E-state index in [1.54, 1.807) is 13.2 Å². The number of ether oxygens (including phenoxy) is 2. The maximum absolute atomic E-state index is 12.9. The molecule has 0 saturated carbocycles. The van der Waals surface area contributed by atoms with E-state index in [4.69, 9.17) is 9.47 Å². The van der Waals surface area contributed by atoms with Crippen LogP contribution in [0.1, 0.15) is 19.3 Å². The van der Waals surface area contributed by atoms with Crippen LogP contribution in [0.15, 0.2) is 18.2 Å². The average molecular weight is 305 g/mol. The van der Waals surface area contributed by atoms with Crippen molar-refractivity contribution in [1.82, 2.24) is 10.3 Å². The lowest BCUT2D eigenvalue weighted by Gasteiger charge is -2.31. The van der Waals surface area contributed by atoms with E-state index < -0.39 is 0 Å². The molecule has 1 aromatic heterocycles. The second kappa shape index (κ2) is 6.62. The van der Waals surface area contributed by atoms with Crippen molar-refractivity contribution in [1.29, 1.82) is 0 Å². The molecule has 0 radical (unpaired) electrons. The number of anilines is 1. The van der Waals surface area contributed by atoms with Crippen molar-refractivity contribution in [3.63, 3.8) is 0 Å². The van der Waals surface area contributed by atoms with E-state index in [2.05, 4.69) is 10.3 Å². The molecule has 1 N–H and O–H groups in total. The van der Waals surface area contributed by atoms with Crippen molar-refractivity contribution in [3.8, 4) is 5.88 Å². The van der Waals surface area contributed by atoms with Crippen LogP contribution in [0, 0.1) is 5.41 Å². The molecular formula is C16H23N3O3. The normalized spacial score (nSPS) is 20.6. The summed E-state index contributed by atoms with van der Waals surface area (Å²) < 4.78 is 10.5. The number of hydrogen-bond donors (Lipinski definition) is 1. The SMILES string of the molecule is COCCOc1cccc(N2CCC3(CCNCC3)C2=O)n1. The minimum atomic E-state index is -0.181. The third-order valence-corrected chi connectivity index (χ3v) is 4.60. The second-order valence-electron chi connectivity index (χ2n) is 5.91. The molecule has 3 heterocycles. The second-order valence-corrected chi connectivity index (χ2v) is 5.91. The molecule has 22 heavy (non-hydrogen) atoms. The highest BCUT2D eigenvalue weighted by Crippen LogP contribution is 2.41. The Labute approximate surface area is 130 Å². The lowest BCUT2D eigenvalue weighted by Crippen LogP contribution is -2.42. The molecule has 6 heteroatoms. The fraction of sp³-hybridized carbons (Fsp3) is 0.625. The summed E-state index contributed by atoms with van der Waals surface area (Å²) in [5.74, 6) is 1.44. The van der Waals surface area contributed by atoms with Crippen molar-refractivity contribution in [2.75, 3.05) is 44.9 Å². The number of carbonyl (C=O) groups excluding carboxylic acids is 1. The third-order valence-electron chi connectivity index (χ3n) is 4.60. The van der Waals surface area contributed by atoms with Crippen molar-refractivity contribution in [2.45, 2.75) is 19.3 Å². The van der Waals surface area contributed by atoms with Crippen LogP contribution in [-0.2, 0) is 9.53 Å². The fourth-order valence-corrected chi connectivity index (χ4v) is 3.27. The van der Waals surface area contributed by atoms with Crippen LogP contribution in [0.4, 0.5) is 5.82 Å². The summed E-state index contributed by atoms with van der Waals surface area (Å²) in [6.07, 6.45) is 2.77. The number of methoxy groups -OCH3 is 1. The van der Waals surface area contributed by atoms with Gasteiger partial charge in [-0.05, 0) is 38.4 Å². The number of piperidine rings is 1. The van der Waals surface area contributed by atoms with Gasteiger partial charge in [0.05, 0.1) is 12.0 Å². The number of rotatable bonds is 5. The van der Waals surface area contributed by atoms with Crippen LogP contribution in [-0.4, -0.2) is 50.8 Å². The highest BCUT2D eigenvalue weighted by molar-refractivity contribution is 5.99. The van der Waals surface area contributed by atoms with Gasteiger partial charge in [-0.25, -0.2) is 0 Å². The van der Waals surface area contributed by atoms with Crippen LogP contribution in [0.2, 0.25) is 0 Å². The smallest absolute Gasteiger partial charge is 0.234 e. The monoisotopic (exact) mass is 305 g/mol. The molecule has 3 rings (SSSR count). The summed E-state index contributed by atoms with van der Waals surface area (Å²) in [6, 6.07) is 5.56. The maximum atomic E-state index is 12.9. The van der Waals surface area contributed by atoms with Gasteiger partial charge in [-0.2, -0.15) is 4.98 Å². The van der Waals surface area contributed by atoms with Crippen molar-refractivity contribution in [3.05, 3.63) is 18.2 Å². The number of carbonyl (C=O) groups is 1. The first kappa shape index (κ1) is 15.2. The minimum absolute atomic E-state index is 0.181. The Morgan fingerprint density at radius 2 is 2.09 bits per heavy atom. The number of nitrogens with one attached hydrogen (secondary N) is 1. The summed E-state index contributed by atoms with van der Waals surface area (Å²) in [5.41, 5.74) is -0.181. The molecule has 0 aliphatic carbocycles. The minimum Gasteiger partial charge on any atom is -0.475 e. The number of amides is 1. The Balaban J connectivity index is 1.71. The Hall–Kier alpha value is -1.66. The van der Waals surface area contributed by atoms with E-state index in [9.17, 15) is 4.79 Å². The average Bonchev–Trinajstić information content (AvgIpc) is 2.86. The predicted octanol–water partition coefficient (Wildman–Crippen LogP) is 1.21. The summed E-state index contributed by atoms with van der Waals surface area (Å²) in [6.45, 7) is 3.56. The van der Waals surface area contributed by atoms with Gasteiger partial charge in [0.2, 0.25) is 11.8 Å². The Morgan fingerprint density at radius 3 is 2.86 bits per heavy atom. The van der Waals surface area contributed by atoms with Crippen LogP contribution in [0.5, 0.6) is 5.88 Å². The topological polar surface area (TPSA) is 63.7 Å². The zero-order chi connectivity index (χ0) is 15.4. The van der Waals surface area contributed by atoms with Gasteiger partial charge in [-0.15, -0.1) is 0 Å². The number of pyridine rings is 1. The van der Waals surface area contributed by atoms with E-state index in [1.165, 1.54) is 0 Å². The lowest BCUT2D eigenvalue weighted by atomic mass is 9.78. The van der Waals surface area contributed by atoms with Crippen molar-refractivity contribution >= 4 is 11.7 Å². The molecule has 2 aliphatic heterocycles. The largest absolute Gasteiger partial charge is 0.475 e. The van der Waals surface area contributed by atoms with Crippen LogP contribution in [0.25, 0.3) is 0 Å². The molecule has 0 atom stereocenters. The molecule has 2 aliphatic rings. The molecule has 120 valence electrons. The van der Waals surface area contributed by atoms with Gasteiger partial charge < -0.3 is 14.8 Å². The first-order valence-electron chi connectivity index (χ1n) is 7.87. The summed E-state index contributed by atoms with van der Waals surface area (Å²) in [4.78, 5) is 19.1. The molecule has 1 aromatic rings. The standard InChI is InChI=1S/C16H23N3O3/c1-21-11-12-22-14-4-2-3-13(18-14)19-10-7-16(15(19)20)5-8-17-9-6-16/h2-4,17H,5-12H2,1H3. The van der Waals surface area contributed by atoms with Gasteiger partial charge in [0, 0.05) is 19.7 Å². The van der Waals surface area contributed by atoms with E-state index in [0.29, 0.717) is 24.9 Å². The third kappa shape index (κ3) is 2.94. The molecule has 0 bridgehead atoms. The van der Waals surface area contributed by atoms with Gasteiger partial charge in [-0.1, -0.05) is 6.07 Å². The Kier molecular flexibility index (Phi) is 4.59. The van der Waals surface area contributed by atoms with E-state index in [1.807, 2.05) is 17.0 Å². The fourth-order valence-electron chi connectivity index (χ4n) is 3.27. The van der Waals surface area contributed by atoms with Gasteiger partial charge in [0.25, 0.3) is 0 Å². The molecule has 0 unspecified atom stereocenters. The van der Waals surface area contributed by atoms with Crippen LogP contribution in [0.3, 0.4) is 0 Å². The summed E-state index contributed by atoms with van der Waals surface area (Å²) >= 11 is 0. The van der Waals surface area contributed by atoms with Crippen LogP contribution < -0.4 is 15.0 Å². The molecule has 2 fully saturated rings. The molecule has 1 spiro atoms. The Bertz CT molecular complexity index is 529. The first-order valence-corrected chi connectivity index (χ1v) is 7.87. The highest BCUT2D eigenvalue weighted by Gasteiger charge is 2.47. The van der Waals surface area contributed by atoms with Gasteiger partial charge in [-0.3, -0.25) is 9.69 Å². The molecule has 6 nitrogen and oxygen atoms in total. The van der Waals surface area contributed by atoms with Crippen molar-refractivity contribution < 1.29 is 14.3 Å². The quantitative estimate of drug-likeness (QED) is 0.829. The van der Waals surface area contributed by atoms with E-state index in [0.717, 1.165) is 38.9 Å². The zero-order valence-electron chi connectivity index (χ0n) is 13.0. The van der Waals surface area contributed by atoms with Crippen molar-refractivity contribution in [2.24, 2.45) is 5.41 Å². The Morgan fingerprint density at radius 1 is 1.27 bits per heavy atom. The lowest BCUT2D eigenvalue weighted by molar-refractivity contribution is -0.126. The maximum Gasteiger partial charge on any atom is 0.234 e. The summed E-state index contributed by atoms with van der Waals surface area (Å²) in [7, 11) is 1.63. The number of aromatic nitrogens is 1. The van der Waals surface area contributed by atoms with Gasteiger partial charge in [0.15, 0.2) is 0 Å². The summed E-state index contributed by atoms with van der Waals surface area (Å²) in [5, 5.41) is 3.33.